The molecule has 0 saturated carbocycles. The molecule has 3 nitrogen and oxygen atoms in total. The molecule has 0 aromatic heterocycles. The summed E-state index contributed by atoms with van der Waals surface area (Å²) in [7, 11) is 3.24. The summed E-state index contributed by atoms with van der Waals surface area (Å²) in [5, 5.41) is 9.89. The van der Waals surface area contributed by atoms with E-state index in [1.54, 1.807) is 20.3 Å². The van der Waals surface area contributed by atoms with Gasteiger partial charge in [-0.3, -0.25) is 0 Å². The van der Waals surface area contributed by atoms with E-state index in [1.807, 2.05) is 12.1 Å². The molecule has 1 rings (SSSR count). The Morgan fingerprint density at radius 3 is 2.35 bits per heavy atom. The van der Waals surface area contributed by atoms with Crippen LogP contribution in [0.5, 0.6) is 5.75 Å². The standard InChI is InChI=1S/C14H22O3/c1-14(2,3)10-6-7-12(15)11(8-10)13(17-5)9-16-4/h6-8,13,15H,9H2,1-5H3. The van der Waals surface area contributed by atoms with Crippen molar-refractivity contribution in [2.75, 3.05) is 20.8 Å². The number of phenolic OH excluding ortho intramolecular Hbond substituents is 1. The third kappa shape index (κ3) is 3.45. The molecule has 1 aromatic rings. The summed E-state index contributed by atoms with van der Waals surface area (Å²) in [4.78, 5) is 0. The first-order valence-electron chi connectivity index (χ1n) is 5.75. The number of hydrogen-bond donors (Lipinski definition) is 1. The van der Waals surface area contributed by atoms with E-state index < -0.39 is 0 Å². The van der Waals surface area contributed by atoms with E-state index in [1.165, 1.54) is 5.56 Å². The average molecular weight is 238 g/mol. The van der Waals surface area contributed by atoms with Gasteiger partial charge in [0, 0.05) is 19.8 Å². The van der Waals surface area contributed by atoms with Gasteiger partial charge in [-0.25, -0.2) is 0 Å². The van der Waals surface area contributed by atoms with Crippen molar-refractivity contribution in [3.63, 3.8) is 0 Å². The summed E-state index contributed by atoms with van der Waals surface area (Å²) in [6, 6.07) is 5.65. The predicted molar refractivity (Wildman–Crippen MR) is 68.4 cm³/mol. The topological polar surface area (TPSA) is 38.7 Å². The second-order valence-electron chi connectivity index (χ2n) is 5.20. The van der Waals surface area contributed by atoms with Gasteiger partial charge in [0.15, 0.2) is 0 Å². The average Bonchev–Trinajstić information content (AvgIpc) is 2.25. The summed E-state index contributed by atoms with van der Waals surface area (Å²) >= 11 is 0. The normalized spacial score (nSPS) is 13.7. The first-order chi connectivity index (χ1) is 7.90. The molecule has 0 heterocycles. The molecule has 0 aliphatic carbocycles. The number of rotatable bonds is 4. The van der Waals surface area contributed by atoms with Gasteiger partial charge in [0.1, 0.15) is 11.9 Å². The maximum Gasteiger partial charge on any atom is 0.121 e. The minimum Gasteiger partial charge on any atom is -0.508 e. The molecule has 0 spiro atoms. The molecule has 1 unspecified atom stereocenters. The van der Waals surface area contributed by atoms with E-state index in [2.05, 4.69) is 20.8 Å². The lowest BCUT2D eigenvalue weighted by Gasteiger charge is -2.23. The molecule has 0 bridgehead atoms. The van der Waals surface area contributed by atoms with Crippen LogP contribution in [0.1, 0.15) is 38.0 Å². The highest BCUT2D eigenvalue weighted by atomic mass is 16.5. The van der Waals surface area contributed by atoms with Crippen LogP contribution in [0, 0.1) is 0 Å². The van der Waals surface area contributed by atoms with Crippen molar-refractivity contribution < 1.29 is 14.6 Å². The fourth-order valence-corrected chi connectivity index (χ4v) is 1.72. The quantitative estimate of drug-likeness (QED) is 0.876. The van der Waals surface area contributed by atoms with Gasteiger partial charge in [0.2, 0.25) is 0 Å². The largest absolute Gasteiger partial charge is 0.508 e. The molecule has 0 aliphatic rings. The maximum absolute atomic E-state index is 9.89. The third-order valence-electron chi connectivity index (χ3n) is 2.84. The third-order valence-corrected chi connectivity index (χ3v) is 2.84. The van der Waals surface area contributed by atoms with Gasteiger partial charge in [-0.15, -0.1) is 0 Å². The molecule has 1 N–H and O–H groups in total. The van der Waals surface area contributed by atoms with Crippen molar-refractivity contribution in [1.29, 1.82) is 0 Å². The van der Waals surface area contributed by atoms with Crippen LogP contribution in [0.4, 0.5) is 0 Å². The smallest absolute Gasteiger partial charge is 0.121 e. The van der Waals surface area contributed by atoms with Crippen LogP contribution in [0.15, 0.2) is 18.2 Å². The van der Waals surface area contributed by atoms with Gasteiger partial charge in [-0.1, -0.05) is 26.8 Å². The predicted octanol–water partition coefficient (Wildman–Crippen LogP) is 3.02. The van der Waals surface area contributed by atoms with Crippen LogP contribution < -0.4 is 0 Å². The summed E-state index contributed by atoms with van der Waals surface area (Å²) in [6.07, 6.45) is -0.234. The van der Waals surface area contributed by atoms with Gasteiger partial charge in [-0.05, 0) is 23.1 Å². The minimum atomic E-state index is -0.234. The number of aromatic hydroxyl groups is 1. The zero-order valence-corrected chi connectivity index (χ0v) is 11.3. The van der Waals surface area contributed by atoms with Gasteiger partial charge < -0.3 is 14.6 Å². The molecular formula is C14H22O3. The number of hydrogen-bond acceptors (Lipinski definition) is 3. The van der Waals surface area contributed by atoms with E-state index in [9.17, 15) is 5.11 Å². The second kappa shape index (κ2) is 5.52. The zero-order valence-electron chi connectivity index (χ0n) is 11.3. The van der Waals surface area contributed by atoms with Gasteiger partial charge in [0.05, 0.1) is 6.61 Å². The lowest BCUT2D eigenvalue weighted by Crippen LogP contribution is -2.14. The fourth-order valence-electron chi connectivity index (χ4n) is 1.72. The van der Waals surface area contributed by atoms with Crippen LogP contribution in [0.2, 0.25) is 0 Å². The van der Waals surface area contributed by atoms with Crippen molar-refractivity contribution in [3.05, 3.63) is 29.3 Å². The van der Waals surface area contributed by atoms with Crippen molar-refractivity contribution in [1.82, 2.24) is 0 Å². The van der Waals surface area contributed by atoms with Crippen LogP contribution >= 0.6 is 0 Å². The zero-order chi connectivity index (χ0) is 13.1. The van der Waals surface area contributed by atoms with E-state index in [0.717, 1.165) is 5.56 Å². The lowest BCUT2D eigenvalue weighted by molar-refractivity contribution is 0.0260. The van der Waals surface area contributed by atoms with E-state index in [0.29, 0.717) is 6.61 Å². The van der Waals surface area contributed by atoms with Gasteiger partial charge in [0.25, 0.3) is 0 Å². The van der Waals surface area contributed by atoms with Crippen molar-refractivity contribution in [2.45, 2.75) is 32.3 Å². The molecule has 1 atom stereocenters. The Morgan fingerprint density at radius 2 is 1.88 bits per heavy atom. The minimum absolute atomic E-state index is 0.0494. The van der Waals surface area contributed by atoms with E-state index in [-0.39, 0.29) is 17.3 Å². The molecule has 0 radical (unpaired) electrons. The number of benzene rings is 1. The van der Waals surface area contributed by atoms with Crippen LogP contribution in [-0.2, 0) is 14.9 Å². The molecule has 1 aromatic carbocycles. The summed E-state index contributed by atoms with van der Waals surface area (Å²) in [5.41, 5.74) is 2.00. The molecule has 96 valence electrons. The summed E-state index contributed by atoms with van der Waals surface area (Å²) in [5.74, 6) is 0.252. The van der Waals surface area contributed by atoms with Crippen molar-refractivity contribution >= 4 is 0 Å². The van der Waals surface area contributed by atoms with Gasteiger partial charge >= 0.3 is 0 Å². The number of methoxy groups -OCH3 is 2. The maximum atomic E-state index is 9.89. The molecule has 0 aliphatic heterocycles. The van der Waals surface area contributed by atoms with E-state index >= 15 is 0 Å². The SMILES string of the molecule is COCC(OC)c1cc(C(C)(C)C)ccc1O. The molecule has 0 amide bonds. The summed E-state index contributed by atoms with van der Waals surface area (Å²) in [6.45, 7) is 6.85. The lowest BCUT2D eigenvalue weighted by atomic mass is 9.85. The van der Waals surface area contributed by atoms with E-state index in [4.69, 9.17) is 9.47 Å². The molecular weight excluding hydrogens is 216 g/mol. The highest BCUT2D eigenvalue weighted by Crippen LogP contribution is 2.32. The highest BCUT2D eigenvalue weighted by Gasteiger charge is 2.19. The second-order valence-corrected chi connectivity index (χ2v) is 5.20. The van der Waals surface area contributed by atoms with Gasteiger partial charge in [-0.2, -0.15) is 0 Å². The Bertz CT molecular complexity index is 366. The monoisotopic (exact) mass is 238 g/mol. The summed E-state index contributed by atoms with van der Waals surface area (Å²) < 4.78 is 10.4. The molecule has 0 saturated heterocycles. The van der Waals surface area contributed by atoms with Crippen molar-refractivity contribution in [2.24, 2.45) is 0 Å². The fraction of sp³-hybridized carbons (Fsp3) is 0.571. The number of ether oxygens (including phenoxy) is 2. The first-order valence-corrected chi connectivity index (χ1v) is 5.75. The van der Waals surface area contributed by atoms with Crippen LogP contribution in [-0.4, -0.2) is 25.9 Å². The molecule has 3 heteroatoms. The Labute approximate surface area is 103 Å². The van der Waals surface area contributed by atoms with Crippen molar-refractivity contribution in [3.8, 4) is 5.75 Å². The van der Waals surface area contributed by atoms with Crippen LogP contribution in [0.3, 0.4) is 0 Å². The Kier molecular flexibility index (Phi) is 4.54. The Morgan fingerprint density at radius 1 is 1.24 bits per heavy atom. The highest BCUT2D eigenvalue weighted by molar-refractivity contribution is 5.40. The Balaban J connectivity index is 3.13. The molecule has 0 fully saturated rings. The Hall–Kier alpha value is -1.06. The van der Waals surface area contributed by atoms with Crippen LogP contribution in [0.25, 0.3) is 0 Å². The molecule has 17 heavy (non-hydrogen) atoms. The first kappa shape index (κ1) is 14.0. The number of phenols is 1.